The first-order valence-corrected chi connectivity index (χ1v) is 7.67. The topological polar surface area (TPSA) is 174 Å². The minimum atomic E-state index is -4.82. The van der Waals surface area contributed by atoms with Crippen LogP contribution in [0.4, 0.5) is 10.6 Å². The van der Waals surface area contributed by atoms with Crippen molar-refractivity contribution in [1.82, 2.24) is 9.55 Å². The largest absolute Gasteiger partial charge is 0.472 e. The molecule has 22 heavy (non-hydrogen) atoms. The van der Waals surface area contributed by atoms with Gasteiger partial charge in [0.1, 0.15) is 18.1 Å². The number of aliphatic hydroxyl groups is 1. The van der Waals surface area contributed by atoms with E-state index in [4.69, 9.17) is 20.5 Å². The van der Waals surface area contributed by atoms with Crippen molar-refractivity contribution in [2.24, 2.45) is 0 Å². The van der Waals surface area contributed by atoms with Crippen molar-refractivity contribution in [3.8, 4) is 0 Å². The van der Waals surface area contributed by atoms with Crippen molar-refractivity contribution in [2.75, 3.05) is 12.3 Å². The molecule has 1 aromatic rings. The van der Waals surface area contributed by atoms with Crippen molar-refractivity contribution < 1.29 is 33.7 Å². The molecule has 122 valence electrons. The highest BCUT2D eigenvalue weighted by Crippen LogP contribution is 2.43. The number of ether oxygens (including phenoxy) is 1. The first-order valence-electron chi connectivity index (χ1n) is 6.09. The number of aromatic nitrogens is 2. The Bertz CT molecular complexity index is 676. The molecule has 1 aromatic heterocycles. The number of hydrogen-bond donors (Lipinski definition) is 4. The molecule has 1 fully saturated rings. The summed E-state index contributed by atoms with van der Waals surface area (Å²) >= 11 is 0. The summed E-state index contributed by atoms with van der Waals surface area (Å²) < 4.78 is 22.0. The van der Waals surface area contributed by atoms with Gasteiger partial charge in [-0.25, -0.2) is 14.2 Å². The predicted octanol–water partition coefficient (Wildman–Crippen LogP) is -0.646. The second kappa shape index (κ2) is 6.15. The van der Waals surface area contributed by atoms with Crippen molar-refractivity contribution in [1.29, 1.82) is 0 Å². The zero-order valence-electron chi connectivity index (χ0n) is 11.1. The molecule has 2 rings (SSSR count). The van der Waals surface area contributed by atoms with E-state index in [1.54, 1.807) is 0 Å². The second-order valence-corrected chi connectivity index (χ2v) is 6.25. The highest BCUT2D eigenvalue weighted by Gasteiger charge is 2.39. The van der Waals surface area contributed by atoms with Crippen molar-refractivity contribution >= 4 is 19.1 Å². The fourth-order valence-electron chi connectivity index (χ4n) is 1.91. The summed E-state index contributed by atoms with van der Waals surface area (Å²) in [6.07, 6.45) is -1.70. The second-order valence-electron chi connectivity index (χ2n) is 4.57. The van der Waals surface area contributed by atoms with Crippen LogP contribution in [-0.4, -0.2) is 49.2 Å². The number of anilines is 1. The molecule has 0 radical (unpaired) electrons. The molecule has 0 aliphatic carbocycles. The molecule has 0 bridgehead atoms. The Morgan fingerprint density at radius 1 is 1.64 bits per heavy atom. The maximum absolute atomic E-state index is 11.7. The summed E-state index contributed by atoms with van der Waals surface area (Å²) in [5.74, 6) is 0.0300. The average Bonchev–Trinajstić information content (AvgIpc) is 2.77. The molecule has 11 nitrogen and oxygen atoms in total. The lowest BCUT2D eigenvalue weighted by Gasteiger charge is -2.16. The minimum Gasteiger partial charge on any atom is -0.472 e. The van der Waals surface area contributed by atoms with Gasteiger partial charge >= 0.3 is 19.0 Å². The molecule has 0 aromatic carbocycles. The summed E-state index contributed by atoms with van der Waals surface area (Å²) in [4.78, 5) is 34.6. The molecule has 0 spiro atoms. The number of rotatable bonds is 5. The van der Waals surface area contributed by atoms with Gasteiger partial charge in [-0.05, 0) is 6.07 Å². The first kappa shape index (κ1) is 16.6. The average molecular weight is 335 g/mol. The number of nitrogen functional groups attached to an aromatic ring is 1. The maximum Gasteiger partial charge on any atom is 0.435 e. The Morgan fingerprint density at radius 2 is 2.32 bits per heavy atom. The normalized spacial score (nSPS) is 27.5. The van der Waals surface area contributed by atoms with Crippen molar-refractivity contribution in [3.05, 3.63) is 22.7 Å². The van der Waals surface area contributed by atoms with Gasteiger partial charge in [-0.1, -0.05) is 0 Å². The molecule has 1 unspecified atom stereocenters. The number of carboxylic acid groups (broad SMARTS) is 1. The molecule has 12 heteroatoms. The van der Waals surface area contributed by atoms with Crippen LogP contribution in [0.1, 0.15) is 12.6 Å². The summed E-state index contributed by atoms with van der Waals surface area (Å²) in [7, 11) is -4.82. The van der Waals surface area contributed by atoms with E-state index in [-0.39, 0.29) is 12.2 Å². The lowest BCUT2D eigenvalue weighted by atomic mass is 10.2. The van der Waals surface area contributed by atoms with Gasteiger partial charge in [-0.3, -0.25) is 9.09 Å². The monoisotopic (exact) mass is 335 g/mol. The molecular weight excluding hydrogens is 321 g/mol. The van der Waals surface area contributed by atoms with E-state index < -0.39 is 44.0 Å². The number of hydrogen-bond acceptors (Lipinski definition) is 8. The molecule has 1 aliphatic heterocycles. The van der Waals surface area contributed by atoms with Gasteiger partial charge < -0.3 is 25.6 Å². The third-order valence-corrected chi connectivity index (χ3v) is 4.00. The van der Waals surface area contributed by atoms with Gasteiger partial charge in [0.2, 0.25) is 0 Å². The third-order valence-electron chi connectivity index (χ3n) is 3.02. The molecule has 2 heterocycles. The minimum absolute atomic E-state index is 0.00231. The summed E-state index contributed by atoms with van der Waals surface area (Å²) in [6, 6.07) is 1.37. The Labute approximate surface area is 123 Å². The van der Waals surface area contributed by atoms with Crippen LogP contribution in [0.15, 0.2) is 17.1 Å². The van der Waals surface area contributed by atoms with Gasteiger partial charge in [0.05, 0.1) is 12.7 Å². The number of carbonyl (C=O) groups is 1. The highest BCUT2D eigenvalue weighted by atomic mass is 31.2. The van der Waals surface area contributed by atoms with Crippen molar-refractivity contribution in [3.63, 3.8) is 0 Å². The van der Waals surface area contributed by atoms with E-state index in [2.05, 4.69) is 9.51 Å². The standard InChI is InChI=1S/C10H14N3O8P/c11-7-1-2-13(9(15)12-7)8-3-5(14)6(21-8)4-20-22(18,19)10(16)17/h1-2,5-6,8,14H,3-4H2,(H,16,17)(H,18,19)(H2,11,12,15)/t5-,6+,8+/m0/s1. The van der Waals surface area contributed by atoms with Crippen LogP contribution in [0.5, 0.6) is 0 Å². The third kappa shape index (κ3) is 3.51. The molecule has 0 amide bonds. The molecule has 1 saturated heterocycles. The smallest absolute Gasteiger partial charge is 0.435 e. The molecule has 4 atom stereocenters. The molecular formula is C10H14N3O8P. The number of aliphatic hydroxyl groups excluding tert-OH is 1. The summed E-state index contributed by atoms with van der Waals surface area (Å²) in [5.41, 5.74) is 2.67. The van der Waals surface area contributed by atoms with Crippen LogP contribution in [0.3, 0.4) is 0 Å². The van der Waals surface area contributed by atoms with E-state index in [9.17, 15) is 19.3 Å². The Balaban J connectivity index is 2.05. The zero-order chi connectivity index (χ0) is 16.5. The van der Waals surface area contributed by atoms with E-state index >= 15 is 0 Å². The van der Waals surface area contributed by atoms with Gasteiger partial charge in [0.25, 0.3) is 0 Å². The molecule has 5 N–H and O–H groups in total. The molecule has 1 aliphatic rings. The predicted molar refractivity (Wildman–Crippen MR) is 71.2 cm³/mol. The fourth-order valence-corrected chi connectivity index (χ4v) is 2.37. The Hall–Kier alpha value is -1.78. The van der Waals surface area contributed by atoms with Crippen molar-refractivity contribution in [2.45, 2.75) is 24.9 Å². The van der Waals surface area contributed by atoms with Crippen LogP contribution in [0.2, 0.25) is 0 Å². The van der Waals surface area contributed by atoms with Crippen LogP contribution < -0.4 is 11.4 Å². The Kier molecular flexibility index (Phi) is 4.63. The maximum atomic E-state index is 11.7. The van der Waals surface area contributed by atoms with E-state index in [0.29, 0.717) is 0 Å². The van der Waals surface area contributed by atoms with E-state index in [1.165, 1.54) is 12.3 Å². The Morgan fingerprint density at radius 3 is 2.91 bits per heavy atom. The van der Waals surface area contributed by atoms with Crippen LogP contribution in [-0.2, 0) is 13.8 Å². The van der Waals surface area contributed by atoms with Gasteiger partial charge in [0, 0.05) is 12.6 Å². The zero-order valence-corrected chi connectivity index (χ0v) is 12.0. The van der Waals surface area contributed by atoms with Crippen LogP contribution >= 0.6 is 7.60 Å². The number of nitrogens with two attached hydrogens (primary N) is 1. The summed E-state index contributed by atoms with van der Waals surface area (Å²) in [5, 5.41) is 18.3. The first-order chi connectivity index (χ1) is 10.2. The summed E-state index contributed by atoms with van der Waals surface area (Å²) in [6.45, 7) is -0.616. The van der Waals surface area contributed by atoms with E-state index in [1.807, 2.05) is 0 Å². The fraction of sp³-hybridized carbons (Fsp3) is 0.500. The quantitative estimate of drug-likeness (QED) is 0.506. The SMILES string of the molecule is Nc1ccn([C@H]2C[C@H](O)[C@@H](COP(=O)(O)C(=O)O)O2)c(=O)n1. The lowest BCUT2D eigenvalue weighted by Crippen LogP contribution is -2.28. The van der Waals surface area contributed by atoms with Crippen LogP contribution in [0.25, 0.3) is 0 Å². The van der Waals surface area contributed by atoms with Gasteiger partial charge in [0.15, 0.2) is 0 Å². The lowest BCUT2D eigenvalue weighted by molar-refractivity contribution is -0.0421. The van der Waals surface area contributed by atoms with Gasteiger partial charge in [-0.2, -0.15) is 4.98 Å². The number of nitrogens with zero attached hydrogens (tertiary/aromatic N) is 2. The highest BCUT2D eigenvalue weighted by molar-refractivity contribution is 7.70. The van der Waals surface area contributed by atoms with Crippen LogP contribution in [0, 0.1) is 0 Å². The molecule has 0 saturated carbocycles. The van der Waals surface area contributed by atoms with E-state index in [0.717, 1.165) is 4.57 Å². The van der Waals surface area contributed by atoms with Gasteiger partial charge in [-0.15, -0.1) is 0 Å².